The molecule has 2 aromatic carbocycles. The van der Waals surface area contributed by atoms with Gasteiger partial charge < -0.3 is 9.30 Å². The summed E-state index contributed by atoms with van der Waals surface area (Å²) in [5, 5.41) is 13.3. The lowest BCUT2D eigenvalue weighted by Gasteiger charge is -2.07. The molecule has 0 fully saturated rings. The molecule has 8 heteroatoms. The van der Waals surface area contributed by atoms with Gasteiger partial charge in [-0.25, -0.2) is 5.43 Å². The molecule has 0 radical (unpaired) electrons. The standard InChI is InChI=1S/C21H23N5O2S/c1-4-26-20(16-9-11-18(28-3)12-10-16)24-25-21(26)29-14-19(27)23-22-13-17-8-6-5-7-15(17)2/h5-13H,4,14H2,1-3H3,(H,23,27). The minimum atomic E-state index is -0.198. The van der Waals surface area contributed by atoms with Gasteiger partial charge in [0.2, 0.25) is 0 Å². The molecule has 3 aromatic rings. The third-order valence-corrected chi connectivity index (χ3v) is 5.26. The fraction of sp³-hybridized carbons (Fsp3) is 0.238. The summed E-state index contributed by atoms with van der Waals surface area (Å²) in [6, 6.07) is 15.5. The maximum atomic E-state index is 12.1. The van der Waals surface area contributed by atoms with Gasteiger partial charge in [0.05, 0.1) is 19.1 Å². The second-order valence-electron chi connectivity index (χ2n) is 6.22. The maximum Gasteiger partial charge on any atom is 0.250 e. The number of nitrogens with one attached hydrogen (secondary N) is 1. The van der Waals surface area contributed by atoms with Crippen LogP contribution < -0.4 is 10.2 Å². The van der Waals surface area contributed by atoms with E-state index in [1.165, 1.54) is 11.8 Å². The molecule has 0 atom stereocenters. The summed E-state index contributed by atoms with van der Waals surface area (Å²) in [5.41, 5.74) is 5.57. The van der Waals surface area contributed by atoms with E-state index in [-0.39, 0.29) is 11.7 Å². The maximum absolute atomic E-state index is 12.1. The van der Waals surface area contributed by atoms with Crippen molar-refractivity contribution in [1.29, 1.82) is 0 Å². The summed E-state index contributed by atoms with van der Waals surface area (Å²) in [5.74, 6) is 1.55. The fourth-order valence-corrected chi connectivity index (χ4v) is 3.50. The minimum Gasteiger partial charge on any atom is -0.497 e. The topological polar surface area (TPSA) is 81.4 Å². The molecule has 29 heavy (non-hydrogen) atoms. The Balaban J connectivity index is 1.61. The molecule has 3 rings (SSSR count). The zero-order valence-electron chi connectivity index (χ0n) is 16.6. The molecule has 150 valence electrons. The number of amides is 1. The predicted molar refractivity (Wildman–Crippen MR) is 115 cm³/mol. The number of aryl methyl sites for hydroxylation is 1. The van der Waals surface area contributed by atoms with Crippen LogP contribution in [-0.2, 0) is 11.3 Å². The average Bonchev–Trinajstić information content (AvgIpc) is 3.16. The number of carbonyl (C=O) groups is 1. The largest absolute Gasteiger partial charge is 0.497 e. The van der Waals surface area contributed by atoms with Crippen LogP contribution in [0.2, 0.25) is 0 Å². The van der Waals surface area contributed by atoms with Crippen LogP contribution in [0.4, 0.5) is 0 Å². The molecular weight excluding hydrogens is 386 g/mol. The van der Waals surface area contributed by atoms with E-state index in [2.05, 4.69) is 20.7 Å². The van der Waals surface area contributed by atoms with Crippen LogP contribution in [0.5, 0.6) is 5.75 Å². The van der Waals surface area contributed by atoms with E-state index in [1.807, 2.05) is 66.9 Å². The van der Waals surface area contributed by atoms with Crippen LogP contribution in [0.15, 0.2) is 58.8 Å². The van der Waals surface area contributed by atoms with Crippen molar-refractivity contribution >= 4 is 23.9 Å². The first-order valence-electron chi connectivity index (χ1n) is 9.20. The normalized spacial score (nSPS) is 11.0. The third kappa shape index (κ3) is 5.23. The molecular formula is C21H23N5O2S. The van der Waals surface area contributed by atoms with Crippen LogP contribution in [-0.4, -0.2) is 39.7 Å². The molecule has 0 saturated carbocycles. The van der Waals surface area contributed by atoms with Crippen molar-refractivity contribution in [2.24, 2.45) is 5.10 Å². The second-order valence-corrected chi connectivity index (χ2v) is 7.16. The van der Waals surface area contributed by atoms with E-state index in [1.54, 1.807) is 13.3 Å². The van der Waals surface area contributed by atoms with Gasteiger partial charge in [0.15, 0.2) is 11.0 Å². The van der Waals surface area contributed by atoms with Crippen molar-refractivity contribution in [3.63, 3.8) is 0 Å². The van der Waals surface area contributed by atoms with E-state index in [0.29, 0.717) is 11.7 Å². The summed E-state index contributed by atoms with van der Waals surface area (Å²) in [6.45, 7) is 4.72. The number of hydrogen-bond donors (Lipinski definition) is 1. The number of rotatable bonds is 8. The molecule has 0 bridgehead atoms. The Kier molecular flexibility index (Phi) is 7.02. The number of hydrogen-bond acceptors (Lipinski definition) is 6. The third-order valence-electron chi connectivity index (χ3n) is 4.29. The van der Waals surface area contributed by atoms with Gasteiger partial charge in [0, 0.05) is 12.1 Å². The average molecular weight is 410 g/mol. The Bertz CT molecular complexity index is 999. The molecule has 1 aromatic heterocycles. The van der Waals surface area contributed by atoms with Crippen LogP contribution >= 0.6 is 11.8 Å². The van der Waals surface area contributed by atoms with Gasteiger partial charge in [-0.2, -0.15) is 5.10 Å². The van der Waals surface area contributed by atoms with E-state index >= 15 is 0 Å². The number of benzene rings is 2. The van der Waals surface area contributed by atoms with Gasteiger partial charge in [0.25, 0.3) is 5.91 Å². The Hall–Kier alpha value is -3.13. The van der Waals surface area contributed by atoms with E-state index in [0.717, 1.165) is 28.3 Å². The number of carbonyl (C=O) groups excluding carboxylic acids is 1. The highest BCUT2D eigenvalue weighted by atomic mass is 32.2. The lowest BCUT2D eigenvalue weighted by atomic mass is 10.1. The molecule has 1 heterocycles. The number of nitrogens with zero attached hydrogens (tertiary/aromatic N) is 4. The highest BCUT2D eigenvalue weighted by Crippen LogP contribution is 2.25. The molecule has 1 N–H and O–H groups in total. The molecule has 1 amide bonds. The molecule has 7 nitrogen and oxygen atoms in total. The summed E-state index contributed by atoms with van der Waals surface area (Å²) >= 11 is 1.33. The summed E-state index contributed by atoms with van der Waals surface area (Å²) in [6.07, 6.45) is 1.65. The lowest BCUT2D eigenvalue weighted by molar-refractivity contribution is -0.118. The van der Waals surface area contributed by atoms with Gasteiger partial charge in [-0.1, -0.05) is 36.0 Å². The smallest absolute Gasteiger partial charge is 0.250 e. The van der Waals surface area contributed by atoms with Crippen LogP contribution in [0.1, 0.15) is 18.1 Å². The van der Waals surface area contributed by atoms with Crippen molar-refractivity contribution < 1.29 is 9.53 Å². The molecule has 0 aliphatic heterocycles. The van der Waals surface area contributed by atoms with Crippen molar-refractivity contribution in [3.05, 3.63) is 59.7 Å². The Morgan fingerprint density at radius 2 is 1.97 bits per heavy atom. The quantitative estimate of drug-likeness (QED) is 0.350. The van der Waals surface area contributed by atoms with Gasteiger partial charge in [0.1, 0.15) is 5.75 Å². The number of thioether (sulfide) groups is 1. The zero-order chi connectivity index (χ0) is 20.6. The predicted octanol–water partition coefficient (Wildman–Crippen LogP) is 3.52. The first kappa shape index (κ1) is 20.6. The number of ether oxygens (including phenoxy) is 1. The van der Waals surface area contributed by atoms with Gasteiger partial charge in [-0.3, -0.25) is 4.79 Å². The van der Waals surface area contributed by atoms with Crippen molar-refractivity contribution in [2.45, 2.75) is 25.5 Å². The van der Waals surface area contributed by atoms with Crippen molar-refractivity contribution in [1.82, 2.24) is 20.2 Å². The zero-order valence-corrected chi connectivity index (χ0v) is 17.4. The second kappa shape index (κ2) is 9.88. The highest BCUT2D eigenvalue weighted by Gasteiger charge is 2.14. The van der Waals surface area contributed by atoms with Crippen LogP contribution in [0.25, 0.3) is 11.4 Å². The molecule has 0 aliphatic carbocycles. The summed E-state index contributed by atoms with van der Waals surface area (Å²) in [4.78, 5) is 12.1. The van der Waals surface area contributed by atoms with Crippen molar-refractivity contribution in [2.75, 3.05) is 12.9 Å². The molecule has 0 unspecified atom stereocenters. The SMILES string of the molecule is CCn1c(SCC(=O)NN=Cc2ccccc2C)nnc1-c1ccc(OC)cc1. The van der Waals surface area contributed by atoms with Gasteiger partial charge >= 0.3 is 0 Å². The monoisotopic (exact) mass is 409 g/mol. The van der Waals surface area contributed by atoms with E-state index < -0.39 is 0 Å². The van der Waals surface area contributed by atoms with Gasteiger partial charge in [-0.15, -0.1) is 10.2 Å². The Morgan fingerprint density at radius 1 is 1.21 bits per heavy atom. The first-order chi connectivity index (χ1) is 14.1. The Morgan fingerprint density at radius 3 is 2.66 bits per heavy atom. The lowest BCUT2D eigenvalue weighted by Crippen LogP contribution is -2.20. The highest BCUT2D eigenvalue weighted by molar-refractivity contribution is 7.99. The van der Waals surface area contributed by atoms with E-state index in [9.17, 15) is 4.79 Å². The van der Waals surface area contributed by atoms with Gasteiger partial charge in [-0.05, 0) is 49.2 Å². The fourth-order valence-electron chi connectivity index (χ4n) is 2.70. The molecule has 0 saturated heterocycles. The number of methoxy groups -OCH3 is 1. The molecule has 0 spiro atoms. The number of aromatic nitrogens is 3. The van der Waals surface area contributed by atoms with Crippen LogP contribution in [0.3, 0.4) is 0 Å². The van der Waals surface area contributed by atoms with Crippen LogP contribution in [0, 0.1) is 6.92 Å². The summed E-state index contributed by atoms with van der Waals surface area (Å²) < 4.78 is 7.18. The number of hydrazone groups is 1. The summed E-state index contributed by atoms with van der Waals surface area (Å²) in [7, 11) is 1.63. The van der Waals surface area contributed by atoms with E-state index in [4.69, 9.17) is 4.74 Å². The van der Waals surface area contributed by atoms with Crippen molar-refractivity contribution in [3.8, 4) is 17.1 Å². The minimum absolute atomic E-state index is 0.198. The Labute approximate surface area is 174 Å². The molecule has 0 aliphatic rings. The first-order valence-corrected chi connectivity index (χ1v) is 10.2.